The Morgan fingerprint density at radius 1 is 1.60 bits per heavy atom. The standard InChI is InChI=1S/C10H11ClINO2/c1-2-8(11)5-7-3-4-9(12)6-10(7)13(14)15/h3-4,6,8H,2,5H2,1H3. The number of hydrogen-bond donors (Lipinski definition) is 0. The van der Waals surface area contributed by atoms with Gasteiger partial charge >= 0.3 is 0 Å². The van der Waals surface area contributed by atoms with Gasteiger partial charge in [0.1, 0.15) is 0 Å². The minimum atomic E-state index is -0.350. The van der Waals surface area contributed by atoms with Gasteiger partial charge in [-0.3, -0.25) is 10.1 Å². The molecule has 82 valence electrons. The Balaban J connectivity index is 3.01. The Morgan fingerprint density at radius 3 is 2.80 bits per heavy atom. The largest absolute Gasteiger partial charge is 0.273 e. The van der Waals surface area contributed by atoms with Gasteiger partial charge in [0.2, 0.25) is 0 Å². The second kappa shape index (κ2) is 5.65. The third-order valence-corrected chi connectivity index (χ3v) is 3.26. The molecule has 15 heavy (non-hydrogen) atoms. The van der Waals surface area contributed by atoms with Crippen molar-refractivity contribution in [2.75, 3.05) is 0 Å². The zero-order valence-corrected chi connectivity index (χ0v) is 11.2. The summed E-state index contributed by atoms with van der Waals surface area (Å²) in [6.45, 7) is 1.97. The van der Waals surface area contributed by atoms with E-state index in [1.54, 1.807) is 12.1 Å². The third-order valence-electron chi connectivity index (χ3n) is 2.13. The molecule has 0 aliphatic carbocycles. The highest BCUT2D eigenvalue weighted by molar-refractivity contribution is 14.1. The summed E-state index contributed by atoms with van der Waals surface area (Å²) >= 11 is 8.05. The van der Waals surface area contributed by atoms with Crippen LogP contribution in [0.3, 0.4) is 0 Å². The van der Waals surface area contributed by atoms with Gasteiger partial charge in [0, 0.05) is 20.6 Å². The number of nitrogens with zero attached hydrogens (tertiary/aromatic N) is 1. The maximum Gasteiger partial charge on any atom is 0.273 e. The molecule has 0 saturated carbocycles. The van der Waals surface area contributed by atoms with Crippen LogP contribution in [0.2, 0.25) is 0 Å². The molecule has 0 fully saturated rings. The molecule has 0 aliphatic rings. The fraction of sp³-hybridized carbons (Fsp3) is 0.400. The van der Waals surface area contributed by atoms with E-state index in [2.05, 4.69) is 22.6 Å². The van der Waals surface area contributed by atoms with Gasteiger partial charge in [-0.2, -0.15) is 0 Å². The quantitative estimate of drug-likeness (QED) is 0.363. The minimum Gasteiger partial charge on any atom is -0.258 e. The Kier molecular flexibility index (Phi) is 4.79. The van der Waals surface area contributed by atoms with Crippen molar-refractivity contribution in [3.05, 3.63) is 37.4 Å². The highest BCUT2D eigenvalue weighted by Crippen LogP contribution is 2.24. The number of hydrogen-bond acceptors (Lipinski definition) is 2. The van der Waals surface area contributed by atoms with E-state index in [1.807, 2.05) is 13.0 Å². The molecule has 0 N–H and O–H groups in total. The Labute approximate surface area is 107 Å². The molecule has 1 unspecified atom stereocenters. The van der Waals surface area contributed by atoms with Crippen LogP contribution in [0.4, 0.5) is 5.69 Å². The summed E-state index contributed by atoms with van der Waals surface area (Å²) in [5.74, 6) is 0. The van der Waals surface area contributed by atoms with Crippen LogP contribution >= 0.6 is 34.2 Å². The zero-order chi connectivity index (χ0) is 11.4. The number of nitro groups is 1. The SMILES string of the molecule is CCC(Cl)Cc1ccc(I)cc1[N+](=O)[O-]. The normalized spacial score (nSPS) is 12.5. The molecule has 0 radical (unpaired) electrons. The predicted octanol–water partition coefficient (Wildman–Crippen LogP) is 3.76. The smallest absolute Gasteiger partial charge is 0.258 e. The molecule has 0 heterocycles. The number of halogens is 2. The fourth-order valence-electron chi connectivity index (χ4n) is 1.26. The topological polar surface area (TPSA) is 43.1 Å². The molecule has 0 aromatic heterocycles. The average molecular weight is 340 g/mol. The fourth-order valence-corrected chi connectivity index (χ4v) is 1.90. The van der Waals surface area contributed by atoms with Crippen LogP contribution in [0.1, 0.15) is 18.9 Å². The maximum absolute atomic E-state index is 10.8. The molecule has 0 aliphatic heterocycles. The van der Waals surface area contributed by atoms with Gasteiger partial charge in [0.25, 0.3) is 5.69 Å². The Bertz CT molecular complexity index is 370. The Morgan fingerprint density at radius 2 is 2.27 bits per heavy atom. The first kappa shape index (κ1) is 12.7. The lowest BCUT2D eigenvalue weighted by molar-refractivity contribution is -0.385. The lowest BCUT2D eigenvalue weighted by Gasteiger charge is -2.07. The van der Waals surface area contributed by atoms with Crippen LogP contribution in [0.5, 0.6) is 0 Å². The first-order valence-electron chi connectivity index (χ1n) is 4.61. The summed E-state index contributed by atoms with van der Waals surface area (Å²) in [5, 5.41) is 10.8. The van der Waals surface area contributed by atoms with Crippen molar-refractivity contribution < 1.29 is 4.92 Å². The average Bonchev–Trinajstić information content (AvgIpc) is 2.20. The summed E-state index contributed by atoms with van der Waals surface area (Å²) in [4.78, 5) is 10.5. The second-order valence-corrected chi connectivity index (χ2v) is 5.10. The van der Waals surface area contributed by atoms with E-state index in [0.29, 0.717) is 12.0 Å². The molecule has 3 nitrogen and oxygen atoms in total. The van der Waals surface area contributed by atoms with Crippen molar-refractivity contribution in [3.63, 3.8) is 0 Å². The van der Waals surface area contributed by atoms with Gasteiger partial charge in [0.15, 0.2) is 0 Å². The summed E-state index contributed by atoms with van der Waals surface area (Å²) < 4.78 is 0.866. The van der Waals surface area contributed by atoms with E-state index >= 15 is 0 Å². The number of benzene rings is 1. The van der Waals surface area contributed by atoms with Crippen LogP contribution in [-0.2, 0) is 6.42 Å². The molecule has 0 saturated heterocycles. The second-order valence-electron chi connectivity index (χ2n) is 3.24. The molecule has 1 atom stereocenters. The van der Waals surface area contributed by atoms with Crippen molar-refractivity contribution >= 4 is 39.9 Å². The molecule has 1 aromatic carbocycles. The van der Waals surface area contributed by atoms with E-state index < -0.39 is 0 Å². The first-order chi connectivity index (χ1) is 7.04. The predicted molar refractivity (Wildman–Crippen MR) is 69.4 cm³/mol. The number of alkyl halides is 1. The van der Waals surface area contributed by atoms with Gasteiger partial charge in [-0.25, -0.2) is 0 Å². The molecular weight excluding hydrogens is 328 g/mol. The van der Waals surface area contributed by atoms with E-state index in [-0.39, 0.29) is 16.0 Å². The molecule has 5 heteroatoms. The van der Waals surface area contributed by atoms with Crippen molar-refractivity contribution in [2.24, 2.45) is 0 Å². The van der Waals surface area contributed by atoms with Crippen LogP contribution in [0, 0.1) is 13.7 Å². The van der Waals surface area contributed by atoms with Crippen molar-refractivity contribution in [1.29, 1.82) is 0 Å². The molecule has 0 amide bonds. The van der Waals surface area contributed by atoms with Crippen molar-refractivity contribution in [1.82, 2.24) is 0 Å². The molecule has 1 aromatic rings. The third kappa shape index (κ3) is 3.61. The van der Waals surface area contributed by atoms with Gasteiger partial charge in [-0.05, 0) is 41.5 Å². The van der Waals surface area contributed by atoms with E-state index in [1.165, 1.54) is 0 Å². The summed E-state index contributed by atoms with van der Waals surface area (Å²) in [6, 6.07) is 5.22. The zero-order valence-electron chi connectivity index (χ0n) is 8.24. The van der Waals surface area contributed by atoms with E-state index in [9.17, 15) is 10.1 Å². The monoisotopic (exact) mass is 339 g/mol. The molecule has 1 rings (SSSR count). The highest BCUT2D eigenvalue weighted by Gasteiger charge is 2.16. The highest BCUT2D eigenvalue weighted by atomic mass is 127. The van der Waals surface area contributed by atoms with Gasteiger partial charge < -0.3 is 0 Å². The lowest BCUT2D eigenvalue weighted by Crippen LogP contribution is -2.04. The molecular formula is C10H11ClINO2. The van der Waals surface area contributed by atoms with E-state index in [4.69, 9.17) is 11.6 Å². The number of nitro benzene ring substituents is 1. The molecule has 0 spiro atoms. The van der Waals surface area contributed by atoms with Gasteiger partial charge in [-0.15, -0.1) is 11.6 Å². The summed E-state index contributed by atoms with van der Waals surface area (Å²) in [7, 11) is 0. The van der Waals surface area contributed by atoms with Gasteiger partial charge in [-0.1, -0.05) is 13.0 Å². The minimum absolute atomic E-state index is 0.0382. The number of rotatable bonds is 4. The van der Waals surface area contributed by atoms with Crippen LogP contribution in [-0.4, -0.2) is 10.3 Å². The van der Waals surface area contributed by atoms with Crippen molar-refractivity contribution in [3.8, 4) is 0 Å². The van der Waals surface area contributed by atoms with E-state index in [0.717, 1.165) is 9.99 Å². The van der Waals surface area contributed by atoms with Crippen LogP contribution in [0.15, 0.2) is 18.2 Å². The van der Waals surface area contributed by atoms with Crippen LogP contribution in [0.25, 0.3) is 0 Å². The first-order valence-corrected chi connectivity index (χ1v) is 6.13. The lowest BCUT2D eigenvalue weighted by atomic mass is 10.1. The Hall–Kier alpha value is -0.360. The maximum atomic E-state index is 10.8. The van der Waals surface area contributed by atoms with Crippen LogP contribution < -0.4 is 0 Å². The van der Waals surface area contributed by atoms with Crippen molar-refractivity contribution in [2.45, 2.75) is 25.1 Å². The molecule has 0 bridgehead atoms. The summed E-state index contributed by atoms with van der Waals surface area (Å²) in [5.41, 5.74) is 0.878. The van der Waals surface area contributed by atoms with Gasteiger partial charge in [0.05, 0.1) is 4.92 Å². The summed E-state index contributed by atoms with van der Waals surface area (Å²) in [6.07, 6.45) is 1.36.